The maximum absolute atomic E-state index is 13.5. The lowest BCUT2D eigenvalue weighted by Gasteiger charge is -2.14. The number of thioether (sulfide) groups is 2. The molecule has 0 N–H and O–H groups in total. The molecule has 2 nitrogen and oxygen atoms in total. The number of fused-ring (bicyclic) bond motifs is 1. The van der Waals surface area contributed by atoms with E-state index in [0.29, 0.717) is 20.6 Å². The van der Waals surface area contributed by atoms with Crippen LogP contribution in [0.15, 0.2) is 75.4 Å². The molecule has 152 valence electrons. The van der Waals surface area contributed by atoms with E-state index in [9.17, 15) is 9.18 Å². The first-order chi connectivity index (χ1) is 14.4. The highest BCUT2D eigenvalue weighted by atomic mass is 35.5. The van der Waals surface area contributed by atoms with Crippen LogP contribution in [0.2, 0.25) is 5.02 Å². The summed E-state index contributed by atoms with van der Waals surface area (Å²) in [4.78, 5) is 16.1. The topological polar surface area (TPSA) is 26.3 Å². The van der Waals surface area contributed by atoms with E-state index in [-0.39, 0.29) is 12.4 Å². The van der Waals surface area contributed by atoms with Crippen molar-refractivity contribution < 1.29 is 13.9 Å². The molecule has 1 aliphatic rings. The molecule has 0 radical (unpaired) electrons. The molecule has 0 spiro atoms. The third kappa shape index (κ3) is 4.43. The zero-order valence-electron chi connectivity index (χ0n) is 16.4. The van der Waals surface area contributed by atoms with Gasteiger partial charge in [-0.1, -0.05) is 59.4 Å². The van der Waals surface area contributed by atoms with E-state index in [1.165, 1.54) is 41.2 Å². The van der Waals surface area contributed by atoms with Gasteiger partial charge in [-0.15, -0.1) is 0 Å². The van der Waals surface area contributed by atoms with E-state index in [4.69, 9.17) is 16.3 Å². The first kappa shape index (κ1) is 21.0. The number of benzene rings is 3. The van der Waals surface area contributed by atoms with Crippen molar-refractivity contribution in [2.45, 2.75) is 23.6 Å². The van der Waals surface area contributed by atoms with Crippen LogP contribution in [0.5, 0.6) is 5.75 Å². The first-order valence-corrected chi connectivity index (χ1v) is 11.3. The molecule has 0 unspecified atom stereocenters. The molecule has 3 aromatic carbocycles. The predicted molar refractivity (Wildman–Crippen MR) is 123 cm³/mol. The van der Waals surface area contributed by atoms with Gasteiger partial charge in [0.2, 0.25) is 5.78 Å². The largest absolute Gasteiger partial charge is 0.485 e. The van der Waals surface area contributed by atoms with Gasteiger partial charge >= 0.3 is 0 Å². The lowest BCUT2D eigenvalue weighted by Crippen LogP contribution is -2.10. The van der Waals surface area contributed by atoms with Crippen molar-refractivity contribution in [2.75, 3.05) is 6.61 Å². The molecule has 0 aliphatic carbocycles. The monoisotopic (exact) mass is 456 g/mol. The molecule has 1 heterocycles. The molecule has 6 heteroatoms. The quantitative estimate of drug-likeness (QED) is 0.411. The minimum absolute atomic E-state index is 0.0363. The van der Waals surface area contributed by atoms with Gasteiger partial charge in [-0.3, -0.25) is 4.79 Å². The Balaban J connectivity index is 1.86. The van der Waals surface area contributed by atoms with Gasteiger partial charge in [0, 0.05) is 20.3 Å². The summed E-state index contributed by atoms with van der Waals surface area (Å²) in [6.45, 7) is 4.07. The van der Waals surface area contributed by atoms with Gasteiger partial charge in [0.25, 0.3) is 0 Å². The highest BCUT2D eigenvalue weighted by Gasteiger charge is 2.26. The predicted octanol–water partition coefficient (Wildman–Crippen LogP) is 7.31. The van der Waals surface area contributed by atoms with Crippen molar-refractivity contribution in [2.24, 2.45) is 0 Å². The molecular formula is C24H18ClFO2S2. The van der Waals surface area contributed by atoms with Gasteiger partial charge < -0.3 is 4.74 Å². The molecule has 0 atom stereocenters. The number of ketones is 1. The van der Waals surface area contributed by atoms with Crippen LogP contribution in [0.25, 0.3) is 4.91 Å². The van der Waals surface area contributed by atoms with E-state index in [0.717, 1.165) is 20.9 Å². The van der Waals surface area contributed by atoms with Crippen molar-refractivity contribution in [1.29, 1.82) is 0 Å². The Hall–Kier alpha value is -2.21. The van der Waals surface area contributed by atoms with Crippen LogP contribution in [0, 0.1) is 19.7 Å². The van der Waals surface area contributed by atoms with Crippen LogP contribution in [0.3, 0.4) is 0 Å². The van der Waals surface area contributed by atoms with E-state index < -0.39 is 5.82 Å². The van der Waals surface area contributed by atoms with Gasteiger partial charge in [0.05, 0.1) is 9.93 Å². The number of halogens is 2. The summed E-state index contributed by atoms with van der Waals surface area (Å²) in [6.07, 6.45) is 0. The zero-order valence-corrected chi connectivity index (χ0v) is 18.8. The molecule has 0 bridgehead atoms. The minimum atomic E-state index is -0.399. The molecule has 0 amide bonds. The molecule has 3 aromatic rings. The lowest BCUT2D eigenvalue weighted by atomic mass is 10.1. The van der Waals surface area contributed by atoms with Crippen LogP contribution < -0.4 is 4.74 Å². The average Bonchev–Trinajstić information content (AvgIpc) is 2.85. The van der Waals surface area contributed by atoms with E-state index >= 15 is 0 Å². The number of rotatable bonds is 4. The van der Waals surface area contributed by atoms with Gasteiger partial charge in [0.1, 0.15) is 11.6 Å². The molecule has 0 saturated heterocycles. The van der Waals surface area contributed by atoms with Crippen LogP contribution >= 0.6 is 35.1 Å². The third-order valence-corrected chi connectivity index (χ3v) is 7.64. The number of Topliss-reactive ketones (excluding diaryl/α,β-unsaturated/α-hetero) is 1. The van der Waals surface area contributed by atoms with Crippen LogP contribution in [-0.2, 0) is 4.79 Å². The second-order valence-corrected chi connectivity index (χ2v) is 9.43. The Morgan fingerprint density at radius 3 is 2.50 bits per heavy atom. The average molecular weight is 457 g/mol. The number of aryl methyl sites for hydroxylation is 2. The fourth-order valence-corrected chi connectivity index (χ4v) is 5.52. The van der Waals surface area contributed by atoms with Crippen LogP contribution in [0.1, 0.15) is 16.7 Å². The van der Waals surface area contributed by atoms with E-state index in [1.54, 1.807) is 6.07 Å². The standard InChI is InChI=1S/C24H18ClFO2S2/c1-14-7-9-17(11-15(14)2)29-24-20(27)13-28-21-6-4-3-5-18(21)23(24)30-22-10-8-16(26)12-19(22)25/h3-12H,13H2,1-2H3. The molecule has 1 aliphatic heterocycles. The Morgan fingerprint density at radius 2 is 1.73 bits per heavy atom. The number of hydrogen-bond acceptors (Lipinski definition) is 4. The third-order valence-electron chi connectivity index (χ3n) is 4.75. The fourth-order valence-electron chi connectivity index (χ4n) is 3.01. The highest BCUT2D eigenvalue weighted by Crippen LogP contribution is 2.48. The Labute approximate surface area is 188 Å². The van der Waals surface area contributed by atoms with Crippen molar-refractivity contribution in [3.8, 4) is 5.75 Å². The zero-order chi connectivity index (χ0) is 21.3. The maximum atomic E-state index is 13.5. The molecule has 4 rings (SSSR count). The minimum Gasteiger partial charge on any atom is -0.485 e. The first-order valence-electron chi connectivity index (χ1n) is 9.30. The lowest BCUT2D eigenvalue weighted by molar-refractivity contribution is -0.116. The van der Waals surface area contributed by atoms with Gasteiger partial charge in [-0.25, -0.2) is 4.39 Å². The number of carbonyl (C=O) groups is 1. The van der Waals surface area contributed by atoms with E-state index in [1.807, 2.05) is 36.4 Å². The number of carbonyl (C=O) groups excluding carboxylic acids is 1. The van der Waals surface area contributed by atoms with Crippen molar-refractivity contribution in [3.05, 3.63) is 93.1 Å². The summed E-state index contributed by atoms with van der Waals surface area (Å²) in [5.74, 6) is 0.140. The van der Waals surface area contributed by atoms with Crippen molar-refractivity contribution in [1.82, 2.24) is 0 Å². The Kier molecular flexibility index (Phi) is 6.23. The maximum Gasteiger partial charge on any atom is 0.208 e. The Morgan fingerprint density at radius 1 is 0.933 bits per heavy atom. The Bertz CT molecular complexity index is 1170. The summed E-state index contributed by atoms with van der Waals surface area (Å²) >= 11 is 9.07. The summed E-state index contributed by atoms with van der Waals surface area (Å²) in [5.41, 5.74) is 3.18. The molecule has 0 saturated carbocycles. The summed E-state index contributed by atoms with van der Waals surface area (Å²) in [7, 11) is 0. The van der Waals surface area contributed by atoms with E-state index in [2.05, 4.69) is 19.9 Å². The number of para-hydroxylation sites is 1. The second-order valence-electron chi connectivity index (χ2n) is 6.89. The number of hydrogen-bond donors (Lipinski definition) is 0. The van der Waals surface area contributed by atoms with Gasteiger partial charge in [-0.2, -0.15) is 0 Å². The molecule has 30 heavy (non-hydrogen) atoms. The SMILES string of the molecule is Cc1ccc(SC2=C(Sc3ccc(F)cc3Cl)c3ccccc3OCC2=O)cc1C. The fraction of sp³-hybridized carbons (Fsp3) is 0.125. The molecule has 0 aromatic heterocycles. The van der Waals surface area contributed by atoms with Crippen LogP contribution in [0.4, 0.5) is 4.39 Å². The molecular weight excluding hydrogens is 439 g/mol. The summed E-state index contributed by atoms with van der Waals surface area (Å²) < 4.78 is 19.3. The van der Waals surface area contributed by atoms with Crippen molar-refractivity contribution in [3.63, 3.8) is 0 Å². The van der Waals surface area contributed by atoms with Gasteiger partial charge in [-0.05, 0) is 61.4 Å². The van der Waals surface area contributed by atoms with Crippen LogP contribution in [-0.4, -0.2) is 12.4 Å². The second kappa shape index (κ2) is 8.88. The number of ether oxygens (including phenoxy) is 1. The smallest absolute Gasteiger partial charge is 0.208 e. The summed E-state index contributed by atoms with van der Waals surface area (Å²) in [5, 5.41) is 0.304. The summed E-state index contributed by atoms with van der Waals surface area (Å²) in [6, 6.07) is 18.0. The van der Waals surface area contributed by atoms with Crippen molar-refractivity contribution >= 4 is 45.8 Å². The molecule has 0 fully saturated rings. The highest BCUT2D eigenvalue weighted by molar-refractivity contribution is 8.11. The van der Waals surface area contributed by atoms with Gasteiger partial charge in [0.15, 0.2) is 6.61 Å². The normalized spacial score (nSPS) is 13.7.